The summed E-state index contributed by atoms with van der Waals surface area (Å²) < 4.78 is 0. The number of benzene rings is 1. The van der Waals surface area contributed by atoms with E-state index in [4.69, 9.17) is 0 Å². The zero-order chi connectivity index (χ0) is 14.5. The van der Waals surface area contributed by atoms with E-state index in [1.807, 2.05) is 19.1 Å². The van der Waals surface area contributed by atoms with Gasteiger partial charge in [0.25, 0.3) is 5.69 Å². The summed E-state index contributed by atoms with van der Waals surface area (Å²) in [5.41, 5.74) is 2.35. The summed E-state index contributed by atoms with van der Waals surface area (Å²) in [4.78, 5) is 25.4. The summed E-state index contributed by atoms with van der Waals surface area (Å²) in [5.74, 6) is 0. The first-order chi connectivity index (χ1) is 9.61. The molecule has 0 saturated carbocycles. The minimum absolute atomic E-state index is 0.122. The molecule has 0 bridgehead atoms. The molecule has 0 fully saturated rings. The number of nitrogens with zero attached hydrogens (tertiary/aromatic N) is 2. The third-order valence-corrected chi connectivity index (χ3v) is 2.92. The van der Waals surface area contributed by atoms with E-state index in [-0.39, 0.29) is 11.3 Å². The molecule has 0 saturated heterocycles. The maximum atomic E-state index is 11.0. The quantitative estimate of drug-likeness (QED) is 0.513. The van der Waals surface area contributed by atoms with Crippen LogP contribution in [0.2, 0.25) is 0 Å². The van der Waals surface area contributed by atoms with Gasteiger partial charge in [-0.05, 0) is 30.7 Å². The topological polar surface area (TPSA) is 85.1 Å². The number of aromatic nitrogens is 1. The van der Waals surface area contributed by atoms with Gasteiger partial charge in [0.05, 0.1) is 17.2 Å². The molecule has 0 aliphatic carbocycles. The Hall–Kier alpha value is -2.76. The number of nitrogens with one attached hydrogen (secondary N) is 1. The highest BCUT2D eigenvalue weighted by atomic mass is 16.6. The number of nitro groups is 1. The highest BCUT2D eigenvalue weighted by Crippen LogP contribution is 2.25. The van der Waals surface area contributed by atoms with Crippen molar-refractivity contribution in [3.05, 3.63) is 63.5 Å². The number of carbonyl (C=O) groups is 1. The van der Waals surface area contributed by atoms with Crippen LogP contribution < -0.4 is 5.32 Å². The highest BCUT2D eigenvalue weighted by molar-refractivity contribution is 5.79. The van der Waals surface area contributed by atoms with Crippen molar-refractivity contribution in [1.82, 2.24) is 4.98 Å². The third-order valence-electron chi connectivity index (χ3n) is 2.92. The van der Waals surface area contributed by atoms with Crippen molar-refractivity contribution in [3.8, 4) is 0 Å². The highest BCUT2D eigenvalue weighted by Gasteiger charge is 2.14. The monoisotopic (exact) mass is 271 g/mol. The Morgan fingerprint density at radius 3 is 2.85 bits per heavy atom. The third kappa shape index (κ3) is 2.97. The molecular formula is C14H13N3O3. The molecule has 2 aromatic rings. The fourth-order valence-electron chi connectivity index (χ4n) is 1.80. The Kier molecular flexibility index (Phi) is 4.05. The summed E-state index contributed by atoms with van der Waals surface area (Å²) in [7, 11) is 0. The largest absolute Gasteiger partial charge is 0.374 e. The molecule has 1 heterocycles. The van der Waals surface area contributed by atoms with Gasteiger partial charge in [0.1, 0.15) is 12.0 Å². The van der Waals surface area contributed by atoms with Gasteiger partial charge in [-0.25, -0.2) is 0 Å². The smallest absolute Gasteiger partial charge is 0.293 e. The Labute approximate surface area is 115 Å². The van der Waals surface area contributed by atoms with Gasteiger partial charge < -0.3 is 5.32 Å². The SMILES string of the molecule is Cc1cccnc1CNc1ccc(C=O)cc1[N+](=O)[O-]. The fraction of sp³-hybridized carbons (Fsp3) is 0.143. The van der Waals surface area contributed by atoms with Crippen LogP contribution in [0, 0.1) is 17.0 Å². The Morgan fingerprint density at radius 2 is 2.20 bits per heavy atom. The number of aryl methyl sites for hydroxylation is 1. The summed E-state index contributed by atoms with van der Waals surface area (Å²) in [6.45, 7) is 2.31. The number of hydrogen-bond acceptors (Lipinski definition) is 5. The van der Waals surface area contributed by atoms with E-state index < -0.39 is 4.92 Å². The summed E-state index contributed by atoms with van der Waals surface area (Å²) in [6.07, 6.45) is 2.26. The normalized spacial score (nSPS) is 10.1. The van der Waals surface area contributed by atoms with Crippen LogP contribution in [0.25, 0.3) is 0 Å². The molecule has 0 aliphatic heterocycles. The molecule has 0 atom stereocenters. The van der Waals surface area contributed by atoms with Crippen LogP contribution in [0.5, 0.6) is 0 Å². The lowest BCUT2D eigenvalue weighted by Gasteiger charge is -2.08. The van der Waals surface area contributed by atoms with Crippen molar-refractivity contribution in [2.45, 2.75) is 13.5 Å². The number of hydrogen-bond donors (Lipinski definition) is 1. The lowest BCUT2D eigenvalue weighted by molar-refractivity contribution is -0.384. The molecule has 1 N–H and O–H groups in total. The summed E-state index contributed by atoms with van der Waals surface area (Å²) in [5, 5.41) is 14.0. The second kappa shape index (κ2) is 5.92. The van der Waals surface area contributed by atoms with Crippen molar-refractivity contribution < 1.29 is 9.72 Å². The second-order valence-corrected chi connectivity index (χ2v) is 4.27. The average molecular weight is 271 g/mol. The van der Waals surface area contributed by atoms with Gasteiger partial charge in [0, 0.05) is 17.8 Å². The van der Waals surface area contributed by atoms with E-state index in [1.165, 1.54) is 18.2 Å². The van der Waals surface area contributed by atoms with Crippen LogP contribution in [-0.2, 0) is 6.54 Å². The lowest BCUT2D eigenvalue weighted by atomic mass is 10.1. The number of anilines is 1. The van der Waals surface area contributed by atoms with Crippen LogP contribution in [0.4, 0.5) is 11.4 Å². The minimum atomic E-state index is -0.513. The summed E-state index contributed by atoms with van der Waals surface area (Å²) in [6, 6.07) is 8.07. The molecule has 2 rings (SSSR count). The Bertz CT molecular complexity index is 656. The standard InChI is InChI=1S/C14H13N3O3/c1-10-3-2-6-15-13(10)8-16-12-5-4-11(9-18)7-14(12)17(19)20/h2-7,9,16H,8H2,1H3. The first-order valence-corrected chi connectivity index (χ1v) is 6.00. The minimum Gasteiger partial charge on any atom is -0.374 e. The van der Waals surface area contributed by atoms with Gasteiger partial charge in [0.2, 0.25) is 0 Å². The molecule has 0 radical (unpaired) electrons. The van der Waals surface area contributed by atoms with Crippen LogP contribution in [-0.4, -0.2) is 16.2 Å². The van der Waals surface area contributed by atoms with E-state index >= 15 is 0 Å². The van der Waals surface area contributed by atoms with Gasteiger partial charge in [-0.15, -0.1) is 0 Å². The molecule has 0 amide bonds. The zero-order valence-corrected chi connectivity index (χ0v) is 10.9. The molecule has 0 spiro atoms. The predicted octanol–water partition coefficient (Wildman–Crippen LogP) is 2.72. The molecule has 102 valence electrons. The zero-order valence-electron chi connectivity index (χ0n) is 10.9. The maximum absolute atomic E-state index is 11.0. The number of pyridine rings is 1. The number of rotatable bonds is 5. The molecule has 1 aromatic carbocycles. The Morgan fingerprint density at radius 1 is 1.40 bits per heavy atom. The molecule has 6 nitrogen and oxygen atoms in total. The van der Waals surface area contributed by atoms with Crippen molar-refractivity contribution in [2.75, 3.05) is 5.32 Å². The molecular weight excluding hydrogens is 258 g/mol. The molecule has 20 heavy (non-hydrogen) atoms. The first-order valence-electron chi connectivity index (χ1n) is 6.00. The van der Waals surface area contributed by atoms with Crippen molar-refractivity contribution in [1.29, 1.82) is 0 Å². The number of nitro benzene ring substituents is 1. The van der Waals surface area contributed by atoms with Gasteiger partial charge in [-0.2, -0.15) is 0 Å². The molecule has 1 aromatic heterocycles. The molecule has 0 aliphatic rings. The van der Waals surface area contributed by atoms with Crippen LogP contribution in [0.15, 0.2) is 36.5 Å². The number of carbonyl (C=O) groups excluding carboxylic acids is 1. The van der Waals surface area contributed by atoms with E-state index in [0.29, 0.717) is 18.5 Å². The van der Waals surface area contributed by atoms with Gasteiger partial charge in [-0.1, -0.05) is 6.07 Å². The van der Waals surface area contributed by atoms with Gasteiger partial charge >= 0.3 is 0 Å². The fourth-order valence-corrected chi connectivity index (χ4v) is 1.80. The number of aldehydes is 1. The average Bonchev–Trinajstić information content (AvgIpc) is 2.46. The van der Waals surface area contributed by atoms with E-state index in [9.17, 15) is 14.9 Å². The lowest BCUT2D eigenvalue weighted by Crippen LogP contribution is -2.05. The van der Waals surface area contributed by atoms with Gasteiger partial charge in [-0.3, -0.25) is 19.9 Å². The predicted molar refractivity (Wildman–Crippen MR) is 74.8 cm³/mol. The van der Waals surface area contributed by atoms with E-state index in [2.05, 4.69) is 10.3 Å². The van der Waals surface area contributed by atoms with E-state index in [1.54, 1.807) is 6.20 Å². The van der Waals surface area contributed by atoms with Gasteiger partial charge in [0.15, 0.2) is 0 Å². The van der Waals surface area contributed by atoms with Crippen molar-refractivity contribution >= 4 is 17.7 Å². The van der Waals surface area contributed by atoms with Crippen LogP contribution in [0.3, 0.4) is 0 Å². The van der Waals surface area contributed by atoms with Crippen LogP contribution >= 0.6 is 0 Å². The van der Waals surface area contributed by atoms with Crippen LogP contribution in [0.1, 0.15) is 21.6 Å². The van der Waals surface area contributed by atoms with Crippen molar-refractivity contribution in [2.24, 2.45) is 0 Å². The molecule has 6 heteroatoms. The molecule has 0 unspecified atom stereocenters. The van der Waals surface area contributed by atoms with E-state index in [0.717, 1.165) is 11.3 Å². The summed E-state index contributed by atoms with van der Waals surface area (Å²) >= 11 is 0. The van der Waals surface area contributed by atoms with Crippen molar-refractivity contribution in [3.63, 3.8) is 0 Å². The second-order valence-electron chi connectivity index (χ2n) is 4.27. The first kappa shape index (κ1) is 13.7. The maximum Gasteiger partial charge on any atom is 0.293 e. The Balaban J connectivity index is 2.23.